The lowest BCUT2D eigenvalue weighted by atomic mass is 10.2. The van der Waals surface area contributed by atoms with E-state index in [2.05, 4.69) is 20.3 Å². The number of rotatable bonds is 5. The molecule has 0 bridgehead atoms. The molecule has 0 atom stereocenters. The van der Waals surface area contributed by atoms with Gasteiger partial charge < -0.3 is 4.74 Å². The van der Waals surface area contributed by atoms with E-state index in [4.69, 9.17) is 4.74 Å². The molecular weight excluding hydrogens is 334 g/mol. The Balaban J connectivity index is 2.18. The first-order valence-electron chi connectivity index (χ1n) is 7.04. The van der Waals surface area contributed by atoms with E-state index in [9.17, 15) is 13.2 Å². The van der Waals surface area contributed by atoms with Crippen LogP contribution in [0, 0.1) is 6.92 Å². The number of sulfonamides is 1. The second kappa shape index (κ2) is 7.21. The fraction of sp³-hybridized carbons (Fsp3) is 0.286. The maximum absolute atomic E-state index is 12.4. The van der Waals surface area contributed by atoms with E-state index in [1.165, 1.54) is 13.2 Å². The SMILES string of the molecule is CCc1ccccc1S(=O)(=O)NC(=O)Nc1nc(C)nc(OC)n1. The number of aromatic nitrogens is 3. The number of carbonyl (C=O) groups is 1. The Morgan fingerprint density at radius 1 is 1.21 bits per heavy atom. The molecule has 0 saturated heterocycles. The van der Waals surface area contributed by atoms with Crippen molar-refractivity contribution in [3.8, 4) is 6.01 Å². The summed E-state index contributed by atoms with van der Waals surface area (Å²) in [5.41, 5.74) is 0.607. The molecule has 1 heterocycles. The maximum Gasteiger partial charge on any atom is 0.335 e. The highest BCUT2D eigenvalue weighted by Crippen LogP contribution is 2.16. The first-order valence-corrected chi connectivity index (χ1v) is 8.52. The van der Waals surface area contributed by atoms with Crippen LogP contribution < -0.4 is 14.8 Å². The highest BCUT2D eigenvalue weighted by molar-refractivity contribution is 7.90. The van der Waals surface area contributed by atoms with Gasteiger partial charge in [-0.15, -0.1) is 0 Å². The highest BCUT2D eigenvalue weighted by Gasteiger charge is 2.21. The van der Waals surface area contributed by atoms with Crippen molar-refractivity contribution in [2.24, 2.45) is 0 Å². The number of urea groups is 1. The smallest absolute Gasteiger partial charge is 0.335 e. The lowest BCUT2D eigenvalue weighted by molar-refractivity contribution is 0.256. The summed E-state index contributed by atoms with van der Waals surface area (Å²) in [5.74, 6) is 0.201. The molecule has 2 N–H and O–H groups in total. The van der Waals surface area contributed by atoms with Crippen molar-refractivity contribution in [1.29, 1.82) is 0 Å². The topological polar surface area (TPSA) is 123 Å². The zero-order chi connectivity index (χ0) is 17.7. The van der Waals surface area contributed by atoms with Crippen LogP contribution in [-0.4, -0.2) is 36.5 Å². The standard InChI is InChI=1S/C14H17N5O4S/c1-4-10-7-5-6-8-11(10)24(21,22)19-13(20)17-12-15-9(2)16-14(18-12)23-3/h5-8H,4H2,1-3H3,(H2,15,16,17,18,19,20). The molecule has 0 spiro atoms. The van der Waals surface area contributed by atoms with Crippen molar-refractivity contribution in [2.45, 2.75) is 25.2 Å². The van der Waals surface area contributed by atoms with E-state index < -0.39 is 16.1 Å². The van der Waals surface area contributed by atoms with Gasteiger partial charge >= 0.3 is 12.0 Å². The van der Waals surface area contributed by atoms with Crippen LogP contribution in [0.4, 0.5) is 10.7 Å². The van der Waals surface area contributed by atoms with Crippen LogP contribution in [0.2, 0.25) is 0 Å². The van der Waals surface area contributed by atoms with Crippen LogP contribution in [0.5, 0.6) is 6.01 Å². The average molecular weight is 351 g/mol. The van der Waals surface area contributed by atoms with Gasteiger partial charge in [0.25, 0.3) is 10.0 Å². The van der Waals surface area contributed by atoms with Gasteiger partial charge in [0, 0.05) is 0 Å². The van der Waals surface area contributed by atoms with Crippen molar-refractivity contribution in [2.75, 3.05) is 12.4 Å². The Labute approximate surface area is 139 Å². The van der Waals surface area contributed by atoms with E-state index >= 15 is 0 Å². The minimum absolute atomic E-state index is 0.0111. The van der Waals surface area contributed by atoms with Crippen LogP contribution in [0.25, 0.3) is 0 Å². The molecule has 2 aromatic rings. The summed E-state index contributed by atoms with van der Waals surface area (Å²) in [5, 5.41) is 2.25. The molecule has 0 unspecified atom stereocenters. The molecule has 0 radical (unpaired) electrons. The van der Waals surface area contributed by atoms with Gasteiger partial charge in [-0.1, -0.05) is 25.1 Å². The van der Waals surface area contributed by atoms with Gasteiger partial charge in [0.15, 0.2) is 0 Å². The second-order valence-electron chi connectivity index (χ2n) is 4.71. The summed E-state index contributed by atoms with van der Waals surface area (Å²) in [7, 11) is -2.65. The van der Waals surface area contributed by atoms with Gasteiger partial charge in [0.05, 0.1) is 12.0 Å². The first-order chi connectivity index (χ1) is 11.4. The van der Waals surface area contributed by atoms with Crippen LogP contribution in [0.1, 0.15) is 18.3 Å². The van der Waals surface area contributed by atoms with Gasteiger partial charge in [-0.05, 0) is 25.0 Å². The van der Waals surface area contributed by atoms with Crippen molar-refractivity contribution < 1.29 is 17.9 Å². The summed E-state index contributed by atoms with van der Waals surface area (Å²) in [6.07, 6.45) is 0.516. The number of nitrogens with one attached hydrogen (secondary N) is 2. The van der Waals surface area contributed by atoms with Gasteiger partial charge in [0.1, 0.15) is 5.82 Å². The third-order valence-electron chi connectivity index (χ3n) is 3.00. The molecule has 0 aliphatic rings. The Hall–Kier alpha value is -2.75. The van der Waals surface area contributed by atoms with Gasteiger partial charge in [0.2, 0.25) is 5.95 Å². The summed E-state index contributed by atoms with van der Waals surface area (Å²) in [6, 6.07) is 5.48. The zero-order valence-electron chi connectivity index (χ0n) is 13.4. The van der Waals surface area contributed by atoms with E-state index in [0.717, 1.165) is 0 Å². The largest absolute Gasteiger partial charge is 0.467 e. The Bertz CT molecular complexity index is 854. The molecule has 0 aliphatic heterocycles. The second-order valence-corrected chi connectivity index (χ2v) is 6.36. The van der Waals surface area contributed by atoms with Crippen molar-refractivity contribution in [3.05, 3.63) is 35.7 Å². The van der Waals surface area contributed by atoms with Crippen molar-refractivity contribution in [3.63, 3.8) is 0 Å². The summed E-state index contributed by atoms with van der Waals surface area (Å²) in [6.45, 7) is 3.41. The third-order valence-corrected chi connectivity index (χ3v) is 4.44. The Kier molecular flexibility index (Phi) is 5.29. The number of ether oxygens (including phenoxy) is 1. The number of methoxy groups -OCH3 is 1. The number of hydrogen-bond donors (Lipinski definition) is 2. The third kappa shape index (κ3) is 4.16. The minimum Gasteiger partial charge on any atom is -0.467 e. The molecule has 2 amide bonds. The summed E-state index contributed by atoms with van der Waals surface area (Å²) in [4.78, 5) is 23.6. The molecular formula is C14H17N5O4S. The molecule has 24 heavy (non-hydrogen) atoms. The first kappa shape index (κ1) is 17.6. The minimum atomic E-state index is -4.01. The predicted octanol–water partition coefficient (Wildman–Crippen LogP) is 1.26. The van der Waals surface area contributed by atoms with Crippen molar-refractivity contribution in [1.82, 2.24) is 19.7 Å². The zero-order valence-corrected chi connectivity index (χ0v) is 14.2. The number of carbonyl (C=O) groups excluding carboxylic acids is 1. The number of benzene rings is 1. The molecule has 9 nitrogen and oxygen atoms in total. The molecule has 0 aliphatic carbocycles. The monoisotopic (exact) mass is 351 g/mol. The lowest BCUT2D eigenvalue weighted by Crippen LogP contribution is -2.35. The summed E-state index contributed by atoms with van der Waals surface area (Å²) < 4.78 is 31.5. The van der Waals surface area contributed by atoms with E-state index in [1.807, 2.05) is 11.6 Å². The summed E-state index contributed by atoms with van der Waals surface area (Å²) >= 11 is 0. The highest BCUT2D eigenvalue weighted by atomic mass is 32.2. The van der Waals surface area contributed by atoms with Gasteiger partial charge in [-0.2, -0.15) is 15.0 Å². The van der Waals surface area contributed by atoms with Crippen LogP contribution in [0.3, 0.4) is 0 Å². The van der Waals surface area contributed by atoms with Gasteiger partial charge in [-0.25, -0.2) is 17.9 Å². The number of nitrogens with zero attached hydrogens (tertiary/aromatic N) is 3. The molecule has 0 saturated carbocycles. The molecule has 10 heteroatoms. The van der Waals surface area contributed by atoms with E-state index in [-0.39, 0.29) is 16.9 Å². The number of aryl methyl sites for hydroxylation is 2. The lowest BCUT2D eigenvalue weighted by Gasteiger charge is -2.11. The van der Waals surface area contributed by atoms with Crippen molar-refractivity contribution >= 4 is 22.0 Å². The number of hydrogen-bond acceptors (Lipinski definition) is 7. The quantitative estimate of drug-likeness (QED) is 0.831. The molecule has 1 aromatic carbocycles. The Morgan fingerprint density at radius 2 is 1.92 bits per heavy atom. The molecule has 128 valence electrons. The van der Waals surface area contributed by atoms with Crippen LogP contribution >= 0.6 is 0 Å². The normalized spacial score (nSPS) is 11.0. The predicted molar refractivity (Wildman–Crippen MR) is 86.3 cm³/mol. The molecule has 1 aromatic heterocycles. The fourth-order valence-corrected chi connectivity index (χ4v) is 3.19. The van der Waals surface area contributed by atoms with E-state index in [0.29, 0.717) is 17.8 Å². The number of amides is 2. The number of anilines is 1. The van der Waals surface area contributed by atoms with Crippen LogP contribution in [-0.2, 0) is 16.4 Å². The molecule has 0 fully saturated rings. The Morgan fingerprint density at radius 3 is 2.58 bits per heavy atom. The van der Waals surface area contributed by atoms with Crippen LogP contribution in [0.15, 0.2) is 29.2 Å². The maximum atomic E-state index is 12.4. The van der Waals surface area contributed by atoms with Gasteiger partial charge in [-0.3, -0.25) is 5.32 Å². The van der Waals surface area contributed by atoms with E-state index in [1.54, 1.807) is 25.1 Å². The fourth-order valence-electron chi connectivity index (χ4n) is 1.97. The average Bonchev–Trinajstić information content (AvgIpc) is 2.53. The molecule has 2 rings (SSSR count).